The highest BCUT2D eigenvalue weighted by Gasteiger charge is 2.15. The third-order valence-electron chi connectivity index (χ3n) is 3.01. The number of nitriles is 1. The first-order valence-corrected chi connectivity index (χ1v) is 6.17. The zero-order valence-corrected chi connectivity index (χ0v) is 11.6. The number of hydrogen-bond acceptors (Lipinski definition) is 7. The van der Waals surface area contributed by atoms with Crippen molar-refractivity contribution in [2.45, 2.75) is 13.3 Å². The van der Waals surface area contributed by atoms with Crippen LogP contribution in [0, 0.1) is 28.4 Å². The molecule has 0 bridgehead atoms. The van der Waals surface area contributed by atoms with Crippen LogP contribution in [-0.4, -0.2) is 31.2 Å². The molecule has 0 unspecified atom stereocenters. The normalized spacial score (nSPS) is 10.1. The van der Waals surface area contributed by atoms with E-state index in [4.69, 9.17) is 5.26 Å². The summed E-state index contributed by atoms with van der Waals surface area (Å²) in [6.07, 6.45) is 0.623. The van der Waals surface area contributed by atoms with Gasteiger partial charge in [-0.1, -0.05) is 0 Å². The van der Waals surface area contributed by atoms with Crippen LogP contribution in [0.3, 0.4) is 0 Å². The van der Waals surface area contributed by atoms with Crippen molar-refractivity contribution in [1.29, 1.82) is 5.26 Å². The molecule has 0 aliphatic heterocycles. The molecule has 0 aliphatic rings. The molecule has 0 radical (unpaired) electrons. The molecule has 0 amide bonds. The molecule has 108 valence electrons. The minimum absolute atomic E-state index is 0.209. The van der Waals surface area contributed by atoms with Crippen molar-refractivity contribution in [2.75, 3.05) is 11.9 Å². The van der Waals surface area contributed by atoms with Gasteiger partial charge >= 0.3 is 5.69 Å². The largest absolute Gasteiger partial charge is 0.370 e. The molecular weight excluding hydrogens is 274 g/mol. The van der Waals surface area contributed by atoms with E-state index in [1.807, 2.05) is 18.5 Å². The average molecular weight is 287 g/mol. The molecule has 2 heterocycles. The molecule has 9 nitrogen and oxygen atoms in total. The Morgan fingerprint density at radius 2 is 2.24 bits per heavy atom. The first-order chi connectivity index (χ1) is 10.0. The summed E-state index contributed by atoms with van der Waals surface area (Å²) in [5, 5.41) is 30.6. The summed E-state index contributed by atoms with van der Waals surface area (Å²) in [6, 6.07) is 4.46. The highest BCUT2D eigenvalue weighted by atomic mass is 16.6. The van der Waals surface area contributed by atoms with Crippen LogP contribution in [0.4, 0.5) is 11.5 Å². The van der Waals surface area contributed by atoms with Crippen LogP contribution in [-0.2, 0) is 13.5 Å². The fourth-order valence-corrected chi connectivity index (χ4v) is 1.75. The van der Waals surface area contributed by atoms with E-state index in [0.29, 0.717) is 18.8 Å². The summed E-state index contributed by atoms with van der Waals surface area (Å²) in [5.41, 5.74) is -0.508. The predicted octanol–water partition coefficient (Wildman–Crippen LogP) is 0.953. The standard InChI is InChI=1S/C12H13N7O2/c1-8-16-17-12(18(8)2)5-6-14-11-4-3-10(19(20)21)9(7-13)15-11/h3-4H,5-6H2,1-2H3,(H,14,15). The maximum absolute atomic E-state index is 10.7. The Hall–Kier alpha value is -3.02. The van der Waals surface area contributed by atoms with Gasteiger partial charge in [0.1, 0.15) is 23.5 Å². The highest BCUT2D eigenvalue weighted by Crippen LogP contribution is 2.17. The van der Waals surface area contributed by atoms with Crippen LogP contribution in [0.15, 0.2) is 12.1 Å². The second-order valence-corrected chi connectivity index (χ2v) is 4.33. The van der Waals surface area contributed by atoms with Gasteiger partial charge in [0.15, 0.2) is 0 Å². The van der Waals surface area contributed by atoms with Gasteiger partial charge < -0.3 is 9.88 Å². The maximum atomic E-state index is 10.7. The number of aryl methyl sites for hydroxylation is 1. The lowest BCUT2D eigenvalue weighted by Crippen LogP contribution is -2.10. The van der Waals surface area contributed by atoms with Gasteiger partial charge in [-0.2, -0.15) is 5.26 Å². The predicted molar refractivity (Wildman–Crippen MR) is 73.5 cm³/mol. The van der Waals surface area contributed by atoms with Crippen molar-refractivity contribution in [2.24, 2.45) is 7.05 Å². The highest BCUT2D eigenvalue weighted by molar-refractivity contribution is 5.50. The molecule has 9 heteroatoms. The summed E-state index contributed by atoms with van der Waals surface area (Å²) in [5.74, 6) is 2.06. The number of nitro groups is 1. The van der Waals surface area contributed by atoms with Gasteiger partial charge in [0.05, 0.1) is 4.92 Å². The molecule has 0 fully saturated rings. The Morgan fingerprint density at radius 1 is 1.48 bits per heavy atom. The molecule has 2 rings (SSSR count). The smallest absolute Gasteiger partial charge is 0.305 e. The first-order valence-electron chi connectivity index (χ1n) is 6.17. The molecule has 0 aromatic carbocycles. The molecule has 21 heavy (non-hydrogen) atoms. The molecule has 0 saturated carbocycles. The third kappa shape index (κ3) is 3.11. The van der Waals surface area contributed by atoms with Crippen LogP contribution in [0.5, 0.6) is 0 Å². The van der Waals surface area contributed by atoms with E-state index in [1.165, 1.54) is 12.1 Å². The number of aromatic nitrogens is 4. The lowest BCUT2D eigenvalue weighted by atomic mass is 10.3. The number of nitrogens with one attached hydrogen (secondary N) is 1. The number of pyridine rings is 1. The minimum atomic E-state index is -0.627. The van der Waals surface area contributed by atoms with E-state index in [9.17, 15) is 10.1 Å². The van der Waals surface area contributed by atoms with E-state index >= 15 is 0 Å². The summed E-state index contributed by atoms with van der Waals surface area (Å²) in [7, 11) is 1.88. The molecule has 1 N–H and O–H groups in total. The Balaban J connectivity index is 2.02. The summed E-state index contributed by atoms with van der Waals surface area (Å²) in [6.45, 7) is 2.39. The number of hydrogen-bond donors (Lipinski definition) is 1. The van der Waals surface area contributed by atoms with Crippen molar-refractivity contribution in [3.8, 4) is 6.07 Å². The minimum Gasteiger partial charge on any atom is -0.370 e. The quantitative estimate of drug-likeness (QED) is 0.641. The van der Waals surface area contributed by atoms with Crippen LogP contribution in [0.2, 0.25) is 0 Å². The average Bonchev–Trinajstić information content (AvgIpc) is 2.79. The SMILES string of the molecule is Cc1nnc(CCNc2ccc([N+](=O)[O-])c(C#N)n2)n1C. The van der Waals surface area contributed by atoms with E-state index in [2.05, 4.69) is 20.5 Å². The molecule has 0 atom stereocenters. The molecule has 2 aromatic heterocycles. The zero-order valence-electron chi connectivity index (χ0n) is 11.6. The molecule has 2 aromatic rings. The van der Waals surface area contributed by atoms with Gasteiger partial charge in [-0.05, 0) is 13.0 Å². The zero-order chi connectivity index (χ0) is 15.4. The van der Waals surface area contributed by atoms with Gasteiger partial charge in [-0.3, -0.25) is 10.1 Å². The topological polar surface area (TPSA) is 123 Å². The first kappa shape index (κ1) is 14.4. The third-order valence-corrected chi connectivity index (χ3v) is 3.01. The Labute approximate surface area is 120 Å². The molecule has 0 aliphatic carbocycles. The lowest BCUT2D eigenvalue weighted by Gasteiger charge is -2.05. The fraction of sp³-hybridized carbons (Fsp3) is 0.333. The summed E-state index contributed by atoms with van der Waals surface area (Å²) < 4.78 is 1.88. The molecule has 0 spiro atoms. The van der Waals surface area contributed by atoms with Crippen LogP contribution in [0.25, 0.3) is 0 Å². The van der Waals surface area contributed by atoms with Gasteiger partial charge in [0, 0.05) is 26.1 Å². The fourth-order valence-electron chi connectivity index (χ4n) is 1.75. The molecule has 0 saturated heterocycles. The maximum Gasteiger partial charge on any atom is 0.305 e. The second kappa shape index (κ2) is 5.96. The van der Waals surface area contributed by atoms with Crippen molar-refractivity contribution < 1.29 is 4.92 Å². The van der Waals surface area contributed by atoms with Crippen molar-refractivity contribution in [3.05, 3.63) is 39.6 Å². The van der Waals surface area contributed by atoms with E-state index in [-0.39, 0.29) is 11.4 Å². The van der Waals surface area contributed by atoms with Gasteiger partial charge in [-0.25, -0.2) is 4.98 Å². The summed E-state index contributed by atoms with van der Waals surface area (Å²) >= 11 is 0. The number of rotatable bonds is 5. The van der Waals surface area contributed by atoms with Crippen LogP contribution < -0.4 is 5.32 Å². The van der Waals surface area contributed by atoms with Crippen molar-refractivity contribution >= 4 is 11.5 Å². The van der Waals surface area contributed by atoms with E-state index in [0.717, 1.165) is 11.6 Å². The summed E-state index contributed by atoms with van der Waals surface area (Å²) in [4.78, 5) is 14.0. The Bertz CT molecular complexity index is 717. The van der Waals surface area contributed by atoms with Crippen LogP contribution >= 0.6 is 0 Å². The number of nitrogens with zero attached hydrogens (tertiary/aromatic N) is 6. The van der Waals surface area contributed by atoms with Crippen molar-refractivity contribution in [1.82, 2.24) is 19.7 Å². The van der Waals surface area contributed by atoms with Gasteiger partial charge in [0.2, 0.25) is 5.69 Å². The Kier molecular flexibility index (Phi) is 4.08. The molecular formula is C12H13N7O2. The van der Waals surface area contributed by atoms with Crippen LogP contribution in [0.1, 0.15) is 17.3 Å². The lowest BCUT2D eigenvalue weighted by molar-refractivity contribution is -0.385. The van der Waals surface area contributed by atoms with Crippen molar-refractivity contribution in [3.63, 3.8) is 0 Å². The van der Waals surface area contributed by atoms with E-state index in [1.54, 1.807) is 6.07 Å². The monoisotopic (exact) mass is 287 g/mol. The van der Waals surface area contributed by atoms with Gasteiger partial charge in [-0.15, -0.1) is 10.2 Å². The Morgan fingerprint density at radius 3 is 2.81 bits per heavy atom. The second-order valence-electron chi connectivity index (χ2n) is 4.33. The van der Waals surface area contributed by atoms with E-state index < -0.39 is 4.92 Å². The van der Waals surface area contributed by atoms with Gasteiger partial charge in [0.25, 0.3) is 0 Å². The number of anilines is 1.